The second-order valence-electron chi connectivity index (χ2n) is 7.39. The number of benzene rings is 2. The summed E-state index contributed by atoms with van der Waals surface area (Å²) in [5.74, 6) is -0.255. The van der Waals surface area contributed by atoms with E-state index in [9.17, 15) is 19.7 Å². The molecule has 1 heterocycles. The average Bonchev–Trinajstić information content (AvgIpc) is 3.16. The van der Waals surface area contributed by atoms with Gasteiger partial charge in [-0.15, -0.1) is 0 Å². The van der Waals surface area contributed by atoms with E-state index < -0.39 is 16.9 Å². The molecule has 0 saturated heterocycles. The second-order valence-corrected chi connectivity index (χ2v) is 7.39. The number of hydrogen-bond donors (Lipinski definition) is 1. The molecule has 0 saturated carbocycles. The molecule has 2 aliphatic rings. The van der Waals surface area contributed by atoms with Crippen LogP contribution < -0.4 is 14.8 Å². The zero-order valence-electron chi connectivity index (χ0n) is 16.5. The lowest BCUT2D eigenvalue weighted by Gasteiger charge is -2.37. The molecule has 2 aromatic rings. The number of ether oxygens (including phenoxy) is 2. The maximum atomic E-state index is 11.7. The molecule has 8 nitrogen and oxygen atoms in total. The van der Waals surface area contributed by atoms with E-state index in [0.717, 1.165) is 23.2 Å². The Morgan fingerprint density at radius 1 is 1.07 bits per heavy atom. The molecule has 1 N–H and O–H groups in total. The van der Waals surface area contributed by atoms with Crippen LogP contribution in [0.1, 0.15) is 43.4 Å². The highest BCUT2D eigenvalue weighted by molar-refractivity contribution is 5.72. The van der Waals surface area contributed by atoms with Crippen molar-refractivity contribution in [3.63, 3.8) is 0 Å². The Hall–Kier alpha value is -3.68. The van der Waals surface area contributed by atoms with Crippen molar-refractivity contribution >= 4 is 23.3 Å². The van der Waals surface area contributed by atoms with Gasteiger partial charge >= 0.3 is 11.9 Å². The molecule has 0 spiro atoms. The van der Waals surface area contributed by atoms with Crippen LogP contribution in [0.5, 0.6) is 11.5 Å². The Balaban J connectivity index is 1.76. The minimum atomic E-state index is -0.482. The number of anilines is 1. The van der Waals surface area contributed by atoms with Crippen molar-refractivity contribution in [1.82, 2.24) is 0 Å². The normalized spacial score (nSPS) is 21.2. The van der Waals surface area contributed by atoms with Crippen LogP contribution >= 0.6 is 0 Å². The molecule has 0 bridgehead atoms. The van der Waals surface area contributed by atoms with Crippen molar-refractivity contribution in [2.75, 3.05) is 5.32 Å². The standard InChI is InChI=1S/C22H20N2O6/c1-12(25)29-15-7-8-18(21(11-15)30-13(2)26)22-17-5-3-4-16(17)19-10-14(24(27)28)6-9-20(19)23-22/h3-4,6-11,16-17,22-23H,5H2,1-2H3. The van der Waals surface area contributed by atoms with Crippen molar-refractivity contribution in [3.05, 3.63) is 69.8 Å². The molecule has 0 radical (unpaired) electrons. The Bertz CT molecular complexity index is 1080. The van der Waals surface area contributed by atoms with Gasteiger partial charge in [-0.1, -0.05) is 12.2 Å². The number of nitro benzene ring substituents is 1. The molecule has 1 aliphatic heterocycles. The minimum Gasteiger partial charge on any atom is -0.427 e. The third-order valence-electron chi connectivity index (χ3n) is 5.39. The van der Waals surface area contributed by atoms with E-state index in [-0.39, 0.29) is 29.3 Å². The first-order chi connectivity index (χ1) is 14.3. The van der Waals surface area contributed by atoms with E-state index in [2.05, 4.69) is 17.5 Å². The Morgan fingerprint density at radius 2 is 1.83 bits per heavy atom. The van der Waals surface area contributed by atoms with Crippen molar-refractivity contribution in [2.24, 2.45) is 5.92 Å². The van der Waals surface area contributed by atoms with Crippen LogP contribution in [0, 0.1) is 16.0 Å². The lowest BCUT2D eigenvalue weighted by Crippen LogP contribution is -2.29. The molecule has 3 unspecified atom stereocenters. The van der Waals surface area contributed by atoms with Crippen LogP contribution in [0.4, 0.5) is 11.4 Å². The minimum absolute atomic E-state index is 0.00414. The summed E-state index contributed by atoms with van der Waals surface area (Å²) in [5, 5.41) is 14.7. The molecule has 1 aliphatic carbocycles. The summed E-state index contributed by atoms with van der Waals surface area (Å²) < 4.78 is 10.6. The molecule has 0 amide bonds. The monoisotopic (exact) mass is 408 g/mol. The van der Waals surface area contributed by atoms with Gasteiger partial charge in [0.2, 0.25) is 0 Å². The van der Waals surface area contributed by atoms with Gasteiger partial charge in [-0.25, -0.2) is 0 Å². The number of allylic oxidation sites excluding steroid dienone is 2. The van der Waals surface area contributed by atoms with Gasteiger partial charge in [0, 0.05) is 49.2 Å². The first-order valence-electron chi connectivity index (χ1n) is 9.56. The molecular formula is C22H20N2O6. The quantitative estimate of drug-likeness (QED) is 0.265. The fourth-order valence-electron chi connectivity index (χ4n) is 4.25. The number of non-ortho nitro benzene ring substituents is 1. The average molecular weight is 408 g/mol. The maximum Gasteiger partial charge on any atom is 0.308 e. The molecule has 0 aromatic heterocycles. The third kappa shape index (κ3) is 3.63. The fraction of sp³-hybridized carbons (Fsp3) is 0.273. The number of nitro groups is 1. The van der Waals surface area contributed by atoms with E-state index in [4.69, 9.17) is 9.47 Å². The topological polar surface area (TPSA) is 108 Å². The van der Waals surface area contributed by atoms with Gasteiger partial charge in [-0.2, -0.15) is 0 Å². The zero-order valence-corrected chi connectivity index (χ0v) is 16.5. The van der Waals surface area contributed by atoms with Crippen LogP contribution in [-0.4, -0.2) is 16.9 Å². The van der Waals surface area contributed by atoms with Gasteiger partial charge in [0.05, 0.1) is 11.0 Å². The van der Waals surface area contributed by atoms with Gasteiger partial charge < -0.3 is 14.8 Å². The molecule has 0 fully saturated rings. The Morgan fingerprint density at radius 3 is 2.53 bits per heavy atom. The first kappa shape index (κ1) is 19.6. The maximum absolute atomic E-state index is 11.7. The summed E-state index contributed by atoms with van der Waals surface area (Å²) in [6, 6.07) is 9.57. The SMILES string of the molecule is CC(=O)Oc1ccc(C2Nc3ccc([N+](=O)[O-])cc3C3C=CCC32)c(OC(C)=O)c1. The highest BCUT2D eigenvalue weighted by atomic mass is 16.6. The van der Waals surface area contributed by atoms with E-state index in [1.54, 1.807) is 24.3 Å². The zero-order chi connectivity index (χ0) is 21.4. The van der Waals surface area contributed by atoms with Gasteiger partial charge in [0.1, 0.15) is 11.5 Å². The molecule has 8 heteroatoms. The summed E-state index contributed by atoms with van der Waals surface area (Å²) in [6.07, 6.45) is 4.91. The van der Waals surface area contributed by atoms with Crippen LogP contribution in [0.25, 0.3) is 0 Å². The Labute approximate surface area is 172 Å². The van der Waals surface area contributed by atoms with E-state index >= 15 is 0 Å². The number of carbonyl (C=O) groups excluding carboxylic acids is 2. The molecule has 2 aromatic carbocycles. The molecule has 154 valence electrons. The van der Waals surface area contributed by atoms with Crippen LogP contribution in [0.2, 0.25) is 0 Å². The molecule has 3 atom stereocenters. The molecular weight excluding hydrogens is 388 g/mol. The van der Waals surface area contributed by atoms with Crippen molar-refractivity contribution in [2.45, 2.75) is 32.2 Å². The number of carbonyl (C=O) groups is 2. The number of esters is 2. The molecule has 30 heavy (non-hydrogen) atoms. The third-order valence-corrected chi connectivity index (χ3v) is 5.39. The Kier molecular flexibility index (Phi) is 4.99. The summed E-state index contributed by atoms with van der Waals surface area (Å²) >= 11 is 0. The summed E-state index contributed by atoms with van der Waals surface area (Å²) in [4.78, 5) is 33.8. The number of rotatable bonds is 4. The fourth-order valence-corrected chi connectivity index (χ4v) is 4.25. The lowest BCUT2D eigenvalue weighted by atomic mass is 9.76. The predicted octanol–water partition coefficient (Wildman–Crippen LogP) is 4.27. The smallest absolute Gasteiger partial charge is 0.308 e. The van der Waals surface area contributed by atoms with Crippen molar-refractivity contribution in [1.29, 1.82) is 0 Å². The van der Waals surface area contributed by atoms with Crippen molar-refractivity contribution < 1.29 is 24.0 Å². The molecule has 4 rings (SSSR count). The highest BCUT2D eigenvalue weighted by Gasteiger charge is 2.40. The van der Waals surface area contributed by atoms with Crippen molar-refractivity contribution in [3.8, 4) is 11.5 Å². The largest absolute Gasteiger partial charge is 0.427 e. The van der Waals surface area contributed by atoms with Crippen LogP contribution in [0.15, 0.2) is 48.6 Å². The van der Waals surface area contributed by atoms with E-state index in [1.165, 1.54) is 26.0 Å². The number of fused-ring (bicyclic) bond motifs is 3. The van der Waals surface area contributed by atoms with Crippen LogP contribution in [0.3, 0.4) is 0 Å². The van der Waals surface area contributed by atoms with Gasteiger partial charge in [0.15, 0.2) is 0 Å². The second kappa shape index (κ2) is 7.62. The summed E-state index contributed by atoms with van der Waals surface area (Å²) in [7, 11) is 0. The van der Waals surface area contributed by atoms with Gasteiger partial charge in [-0.05, 0) is 36.1 Å². The van der Waals surface area contributed by atoms with Gasteiger partial charge in [0.25, 0.3) is 5.69 Å². The number of nitrogens with one attached hydrogen (secondary N) is 1. The highest BCUT2D eigenvalue weighted by Crippen LogP contribution is 2.52. The first-order valence-corrected chi connectivity index (χ1v) is 9.56. The summed E-state index contributed by atoms with van der Waals surface area (Å²) in [6.45, 7) is 2.61. The van der Waals surface area contributed by atoms with E-state index in [1.807, 2.05) is 0 Å². The summed E-state index contributed by atoms with van der Waals surface area (Å²) in [5.41, 5.74) is 2.49. The van der Waals surface area contributed by atoms with Gasteiger partial charge in [-0.3, -0.25) is 19.7 Å². The lowest BCUT2D eigenvalue weighted by molar-refractivity contribution is -0.384. The number of nitrogens with zero attached hydrogens (tertiary/aromatic N) is 1. The van der Waals surface area contributed by atoms with Crippen LogP contribution in [-0.2, 0) is 9.59 Å². The number of hydrogen-bond acceptors (Lipinski definition) is 7. The predicted molar refractivity (Wildman–Crippen MR) is 109 cm³/mol. The van der Waals surface area contributed by atoms with E-state index in [0.29, 0.717) is 5.75 Å².